The first kappa shape index (κ1) is 29.6. The molecule has 0 bridgehead atoms. The molecule has 0 heterocycles. The van der Waals surface area contributed by atoms with Crippen LogP contribution in [-0.4, -0.2) is 82.1 Å². The van der Waals surface area contributed by atoms with Gasteiger partial charge in [0, 0.05) is 6.42 Å². The van der Waals surface area contributed by atoms with E-state index in [4.69, 9.17) is 16.6 Å². The van der Waals surface area contributed by atoms with E-state index in [9.17, 15) is 29.1 Å². The molecule has 0 aliphatic heterocycles. The molecule has 0 fully saturated rings. The number of carboxylic acids is 1. The summed E-state index contributed by atoms with van der Waals surface area (Å²) >= 11 is 1.40. The maximum absolute atomic E-state index is 12.8. The minimum atomic E-state index is -1.56. The number of carbonyl (C=O) groups excluding carboxylic acids is 4. The van der Waals surface area contributed by atoms with Crippen molar-refractivity contribution in [3.63, 3.8) is 0 Å². The third kappa shape index (κ3) is 10.8. The summed E-state index contributed by atoms with van der Waals surface area (Å²) < 4.78 is 0. The number of aliphatic carboxylic acids is 1. The minimum absolute atomic E-state index is 0.111. The van der Waals surface area contributed by atoms with E-state index in [0.29, 0.717) is 5.75 Å². The number of thioether (sulfide) groups is 1. The molecule has 0 spiro atoms. The van der Waals surface area contributed by atoms with Gasteiger partial charge in [-0.1, -0.05) is 13.8 Å². The van der Waals surface area contributed by atoms with Crippen molar-refractivity contribution < 1.29 is 34.2 Å². The fourth-order valence-corrected chi connectivity index (χ4v) is 3.02. The molecule has 0 aromatic rings. The van der Waals surface area contributed by atoms with Crippen molar-refractivity contribution in [1.29, 1.82) is 0 Å². The van der Waals surface area contributed by atoms with Gasteiger partial charge in [-0.05, 0) is 37.7 Å². The van der Waals surface area contributed by atoms with Crippen molar-refractivity contribution in [2.45, 2.75) is 70.3 Å². The Morgan fingerprint density at radius 1 is 0.906 bits per heavy atom. The van der Waals surface area contributed by atoms with Crippen LogP contribution in [0, 0.1) is 5.92 Å². The number of amides is 4. The average Bonchev–Trinajstić information content (AvgIpc) is 2.70. The molecule has 184 valence electrons. The molecule has 0 aromatic heterocycles. The summed E-state index contributed by atoms with van der Waals surface area (Å²) in [7, 11) is 0. The van der Waals surface area contributed by atoms with E-state index in [1.54, 1.807) is 20.1 Å². The van der Waals surface area contributed by atoms with Crippen molar-refractivity contribution in [2.24, 2.45) is 17.4 Å². The monoisotopic (exact) mass is 477 g/mol. The average molecular weight is 478 g/mol. The zero-order valence-electron chi connectivity index (χ0n) is 18.8. The first-order valence-corrected chi connectivity index (χ1v) is 11.6. The molecule has 32 heavy (non-hydrogen) atoms. The van der Waals surface area contributed by atoms with Crippen LogP contribution in [0.5, 0.6) is 0 Å². The summed E-state index contributed by atoms with van der Waals surface area (Å²) in [6.07, 6.45) is 0.275. The van der Waals surface area contributed by atoms with Gasteiger partial charge < -0.3 is 37.6 Å². The molecule has 0 aromatic carbocycles. The summed E-state index contributed by atoms with van der Waals surface area (Å²) in [6.45, 7) is 4.67. The van der Waals surface area contributed by atoms with E-state index >= 15 is 0 Å². The number of aliphatic hydroxyl groups is 1. The van der Waals surface area contributed by atoms with Gasteiger partial charge in [0.2, 0.25) is 23.6 Å². The van der Waals surface area contributed by atoms with Crippen LogP contribution in [0.2, 0.25) is 0 Å². The van der Waals surface area contributed by atoms with Crippen molar-refractivity contribution in [2.75, 3.05) is 12.0 Å². The third-order valence-electron chi connectivity index (χ3n) is 4.62. The van der Waals surface area contributed by atoms with E-state index in [1.807, 2.05) is 0 Å². The number of rotatable bonds is 15. The molecule has 0 saturated heterocycles. The lowest BCUT2D eigenvalue weighted by Crippen LogP contribution is -2.58. The second-order valence-corrected chi connectivity index (χ2v) is 8.73. The highest BCUT2D eigenvalue weighted by Crippen LogP contribution is 2.06. The van der Waals surface area contributed by atoms with Gasteiger partial charge in [0.05, 0.1) is 12.1 Å². The van der Waals surface area contributed by atoms with Crippen molar-refractivity contribution >= 4 is 41.4 Å². The molecule has 0 radical (unpaired) electrons. The second kappa shape index (κ2) is 14.6. The highest BCUT2D eigenvalue weighted by molar-refractivity contribution is 7.98. The summed E-state index contributed by atoms with van der Waals surface area (Å²) in [5.74, 6) is -4.01. The number of hydrogen-bond donors (Lipinski definition) is 7. The number of carboxylic acid groups (broad SMARTS) is 1. The largest absolute Gasteiger partial charge is 0.480 e. The number of primary amides is 1. The number of carbonyl (C=O) groups is 5. The zero-order chi connectivity index (χ0) is 25.0. The lowest BCUT2D eigenvalue weighted by atomic mass is 10.0. The fourth-order valence-electron chi connectivity index (χ4n) is 2.55. The van der Waals surface area contributed by atoms with Crippen molar-refractivity contribution in [1.82, 2.24) is 16.0 Å². The van der Waals surface area contributed by atoms with Crippen LogP contribution < -0.4 is 27.4 Å². The standard InChI is InChI=1S/C19H35N5O7S/c1-9(2)14(21)18(29)23-11(5-6-13(20)26)16(27)22-12(7-8-32-4)17(28)24-15(10(3)25)19(30)31/h9-12,14-15,25H,5-8,21H2,1-4H3,(H2,20,26)(H,22,27)(H,23,29)(H,24,28)(H,30,31). The summed E-state index contributed by atoms with van der Waals surface area (Å²) in [5, 5.41) is 25.9. The van der Waals surface area contributed by atoms with E-state index < -0.39 is 59.9 Å². The van der Waals surface area contributed by atoms with Gasteiger partial charge in [-0.25, -0.2) is 4.79 Å². The number of hydrogen-bond acceptors (Lipinski definition) is 8. The molecular weight excluding hydrogens is 442 g/mol. The van der Waals surface area contributed by atoms with Gasteiger partial charge >= 0.3 is 5.97 Å². The highest BCUT2D eigenvalue weighted by Gasteiger charge is 2.32. The Labute approximate surface area is 191 Å². The summed E-state index contributed by atoms with van der Waals surface area (Å²) in [5.41, 5.74) is 11.0. The van der Waals surface area contributed by atoms with Gasteiger partial charge in [-0.2, -0.15) is 11.8 Å². The maximum atomic E-state index is 12.8. The molecule has 5 atom stereocenters. The van der Waals surface area contributed by atoms with E-state index in [0.717, 1.165) is 0 Å². The molecule has 13 heteroatoms. The van der Waals surface area contributed by atoms with Crippen LogP contribution in [-0.2, 0) is 24.0 Å². The number of nitrogens with two attached hydrogens (primary N) is 2. The fraction of sp³-hybridized carbons (Fsp3) is 0.737. The Morgan fingerprint density at radius 2 is 1.41 bits per heavy atom. The first-order valence-electron chi connectivity index (χ1n) is 10.2. The molecule has 0 aliphatic rings. The summed E-state index contributed by atoms with van der Waals surface area (Å²) in [6, 6.07) is -4.78. The molecule has 9 N–H and O–H groups in total. The van der Waals surface area contributed by atoms with E-state index in [-0.39, 0.29) is 25.2 Å². The molecule has 4 amide bonds. The smallest absolute Gasteiger partial charge is 0.328 e. The second-order valence-electron chi connectivity index (χ2n) is 7.74. The van der Waals surface area contributed by atoms with Gasteiger partial charge in [0.1, 0.15) is 12.1 Å². The number of aliphatic hydroxyl groups excluding tert-OH is 1. The van der Waals surface area contributed by atoms with Crippen LogP contribution >= 0.6 is 11.8 Å². The minimum Gasteiger partial charge on any atom is -0.480 e. The van der Waals surface area contributed by atoms with Crippen molar-refractivity contribution in [3.8, 4) is 0 Å². The predicted molar refractivity (Wildman–Crippen MR) is 119 cm³/mol. The number of nitrogens with one attached hydrogen (secondary N) is 3. The molecule has 5 unspecified atom stereocenters. The Bertz CT molecular complexity index is 674. The predicted octanol–water partition coefficient (Wildman–Crippen LogP) is -2.09. The van der Waals surface area contributed by atoms with Gasteiger partial charge in [-0.3, -0.25) is 19.2 Å². The molecule has 0 rings (SSSR count). The quantitative estimate of drug-likeness (QED) is 0.137. The molecular formula is C19H35N5O7S. The van der Waals surface area contributed by atoms with Crippen LogP contribution in [0.1, 0.15) is 40.0 Å². The van der Waals surface area contributed by atoms with Crippen LogP contribution in [0.15, 0.2) is 0 Å². The maximum Gasteiger partial charge on any atom is 0.328 e. The summed E-state index contributed by atoms with van der Waals surface area (Å²) in [4.78, 5) is 60.2. The SMILES string of the molecule is CSCCC(NC(=O)C(CCC(N)=O)NC(=O)C(N)C(C)C)C(=O)NC(C(=O)O)C(C)O. The lowest BCUT2D eigenvalue weighted by Gasteiger charge is -2.26. The molecule has 0 saturated carbocycles. The topological polar surface area (TPSA) is 214 Å². The molecule has 0 aliphatic carbocycles. The third-order valence-corrected chi connectivity index (χ3v) is 5.27. The van der Waals surface area contributed by atoms with Gasteiger partial charge in [0.15, 0.2) is 6.04 Å². The van der Waals surface area contributed by atoms with Gasteiger partial charge in [0.25, 0.3) is 0 Å². The van der Waals surface area contributed by atoms with Crippen LogP contribution in [0.25, 0.3) is 0 Å². The highest BCUT2D eigenvalue weighted by atomic mass is 32.2. The zero-order valence-corrected chi connectivity index (χ0v) is 19.6. The van der Waals surface area contributed by atoms with Gasteiger partial charge in [-0.15, -0.1) is 0 Å². The van der Waals surface area contributed by atoms with Crippen LogP contribution in [0.4, 0.5) is 0 Å². The lowest BCUT2D eigenvalue weighted by molar-refractivity contribution is -0.145. The van der Waals surface area contributed by atoms with E-state index in [1.165, 1.54) is 18.7 Å². The normalized spacial score (nSPS) is 15.7. The Kier molecular flexibility index (Phi) is 13.5. The van der Waals surface area contributed by atoms with Crippen LogP contribution in [0.3, 0.4) is 0 Å². The Balaban J connectivity index is 5.52. The Hall–Kier alpha value is -2.38. The Morgan fingerprint density at radius 3 is 1.84 bits per heavy atom. The first-order chi connectivity index (χ1) is 14.8. The van der Waals surface area contributed by atoms with Crippen molar-refractivity contribution in [3.05, 3.63) is 0 Å². The van der Waals surface area contributed by atoms with E-state index in [2.05, 4.69) is 16.0 Å². The molecule has 12 nitrogen and oxygen atoms in total.